The van der Waals surface area contributed by atoms with Gasteiger partial charge < -0.3 is 0 Å². The first-order valence-electron chi connectivity index (χ1n) is 18.7. The molecule has 0 spiro atoms. The van der Waals surface area contributed by atoms with Crippen LogP contribution in [0.2, 0.25) is 0 Å². The maximum absolute atomic E-state index is 4.99. The summed E-state index contributed by atoms with van der Waals surface area (Å²) in [5, 5.41) is 16.2. The summed E-state index contributed by atoms with van der Waals surface area (Å²) in [5.41, 5.74) is 10.5. The number of hydrogen-bond donors (Lipinski definition) is 0. The van der Waals surface area contributed by atoms with Crippen molar-refractivity contribution in [1.29, 1.82) is 0 Å². The van der Waals surface area contributed by atoms with Crippen LogP contribution < -0.4 is 5.22 Å². The fourth-order valence-corrected chi connectivity index (χ4v) is 9.44. The van der Waals surface area contributed by atoms with Crippen LogP contribution in [-0.4, -0.2) is 0 Å². The number of fused-ring (bicyclic) bond motifs is 8. The lowest BCUT2D eigenvalue weighted by molar-refractivity contribution is 1.55. The number of benzene rings is 9. The first kappa shape index (κ1) is 30.6. The van der Waals surface area contributed by atoms with E-state index in [1.807, 2.05) is 0 Å². The lowest BCUT2D eigenvalue weighted by Gasteiger charge is -2.19. The Labute approximate surface area is 313 Å². The van der Waals surface area contributed by atoms with E-state index in [4.69, 9.17) is 13.2 Å². The molecule has 0 aliphatic heterocycles. The molecule has 250 valence electrons. The van der Waals surface area contributed by atoms with Gasteiger partial charge in [0.2, 0.25) is 0 Å². The van der Waals surface area contributed by atoms with Gasteiger partial charge in [-0.2, -0.15) is 0 Å². The molecule has 0 heteroatoms. The highest BCUT2D eigenvalue weighted by atomic mass is 14.3. The molecule has 0 saturated heterocycles. The van der Waals surface area contributed by atoms with Crippen LogP contribution in [0.4, 0.5) is 0 Å². The third kappa shape index (κ3) is 4.26. The summed E-state index contributed by atoms with van der Waals surface area (Å²) in [5.74, 6) is 0. The molecular formula is C54H34. The third-order valence-electron chi connectivity index (χ3n) is 11.7. The Hall–Kier alpha value is -7.02. The van der Waals surface area contributed by atoms with Crippen LogP contribution in [0.1, 0.15) is 11.1 Å². The predicted octanol–water partition coefficient (Wildman–Crippen LogP) is 14.2. The summed E-state index contributed by atoms with van der Waals surface area (Å²) < 4.78 is 0. The maximum Gasteiger partial charge on any atom is -0.000741 e. The van der Waals surface area contributed by atoms with Crippen molar-refractivity contribution in [3.05, 3.63) is 205 Å². The molecule has 0 atom stereocenters. The fraction of sp³-hybridized carbons (Fsp3) is 0. The highest BCUT2D eigenvalue weighted by Gasteiger charge is 2.26. The molecule has 0 unspecified atom stereocenters. The molecule has 0 heterocycles. The van der Waals surface area contributed by atoms with Gasteiger partial charge in [-0.15, -0.1) is 0 Å². The average molecular weight is 683 g/mol. The predicted molar refractivity (Wildman–Crippen MR) is 234 cm³/mol. The van der Waals surface area contributed by atoms with Gasteiger partial charge in [0.15, 0.2) is 0 Å². The van der Waals surface area contributed by atoms with E-state index < -0.39 is 0 Å². The van der Waals surface area contributed by atoms with Crippen LogP contribution in [0.3, 0.4) is 0 Å². The Bertz CT molecular complexity index is 3320. The molecule has 54 heavy (non-hydrogen) atoms. The molecule has 0 bridgehead atoms. The van der Waals surface area contributed by atoms with Crippen molar-refractivity contribution in [1.82, 2.24) is 0 Å². The van der Waals surface area contributed by atoms with Crippen LogP contribution in [0, 0.1) is 0 Å². The monoisotopic (exact) mass is 682 g/mol. The molecule has 0 nitrogen and oxygen atoms in total. The largest absolute Gasteiger partial charge is 0.0905 e. The smallest absolute Gasteiger partial charge is 0.000741 e. The third-order valence-corrected chi connectivity index (χ3v) is 11.7. The molecule has 0 radical (unpaired) electrons. The van der Waals surface area contributed by atoms with E-state index in [2.05, 4.69) is 182 Å². The summed E-state index contributed by atoms with van der Waals surface area (Å²) in [6.07, 6.45) is 0. The average Bonchev–Trinajstić information content (AvgIpc) is 3.73. The van der Waals surface area contributed by atoms with Crippen molar-refractivity contribution in [3.63, 3.8) is 0 Å². The Kier molecular flexibility index (Phi) is 6.66. The molecule has 0 N–H and O–H groups in total. The Morgan fingerprint density at radius 3 is 1.52 bits per heavy atom. The van der Waals surface area contributed by atoms with E-state index in [-0.39, 0.29) is 0 Å². The van der Waals surface area contributed by atoms with Crippen molar-refractivity contribution >= 4 is 76.8 Å². The van der Waals surface area contributed by atoms with E-state index in [0.717, 1.165) is 27.3 Å². The standard InChI is InChI=1S/C54H34/c1-33(38-24-12-13-25-40(38)35-18-6-3-7-19-35)39-28-16-30-44-48(39)34(2)49-50(36-20-8-4-9-21-36)47-32-46-42-27-15-14-26-41(42)43-29-17-31-45(52(43)46)53(47)51(54(44)49)37-22-10-5-11-23-37/h3-32H,1-2H2. The SMILES string of the molecule is C=C(c1ccccc1-c1ccccc1)c1cccc2c1c(=C)c1c(-c3ccccc3)c3cc4c5ccccc5c5cccc(c3c(-c3ccccc3)c12)c54. The minimum Gasteiger partial charge on any atom is -0.0905 e. The van der Waals surface area contributed by atoms with Gasteiger partial charge in [0, 0.05) is 0 Å². The minimum atomic E-state index is 0.996. The number of rotatable bonds is 5. The molecule has 0 amide bonds. The zero-order valence-corrected chi connectivity index (χ0v) is 29.7. The lowest BCUT2D eigenvalue weighted by atomic mass is 9.84. The zero-order valence-electron chi connectivity index (χ0n) is 29.7. The molecular weight excluding hydrogens is 649 g/mol. The van der Waals surface area contributed by atoms with Crippen LogP contribution >= 0.6 is 0 Å². The molecule has 0 aliphatic rings. The van der Waals surface area contributed by atoms with Crippen LogP contribution in [-0.2, 0) is 0 Å². The number of hydrogen-bond acceptors (Lipinski definition) is 0. The van der Waals surface area contributed by atoms with Gasteiger partial charge in [-0.25, -0.2) is 0 Å². The van der Waals surface area contributed by atoms with E-state index in [1.165, 1.54) is 92.6 Å². The molecule has 0 fully saturated rings. The topological polar surface area (TPSA) is 0 Å². The first-order valence-corrected chi connectivity index (χ1v) is 18.7. The molecule has 11 rings (SSSR count). The summed E-state index contributed by atoms with van der Waals surface area (Å²) in [6.45, 7) is 9.81. The van der Waals surface area contributed by atoms with E-state index in [1.54, 1.807) is 0 Å². The highest BCUT2D eigenvalue weighted by molar-refractivity contribution is 6.41. The highest BCUT2D eigenvalue weighted by Crippen LogP contribution is 2.51. The summed E-state index contributed by atoms with van der Waals surface area (Å²) >= 11 is 0. The quantitative estimate of drug-likeness (QED) is 0.159. The Balaban J connectivity index is 1.36. The maximum atomic E-state index is 4.99. The molecule has 0 aromatic heterocycles. The second-order valence-electron chi connectivity index (χ2n) is 14.4. The van der Waals surface area contributed by atoms with Crippen molar-refractivity contribution in [2.75, 3.05) is 0 Å². The fourth-order valence-electron chi connectivity index (χ4n) is 9.44. The van der Waals surface area contributed by atoms with Crippen molar-refractivity contribution in [2.45, 2.75) is 0 Å². The second-order valence-corrected chi connectivity index (χ2v) is 14.4. The summed E-state index contributed by atoms with van der Waals surface area (Å²) in [4.78, 5) is 0. The van der Waals surface area contributed by atoms with E-state index in [9.17, 15) is 0 Å². The van der Waals surface area contributed by atoms with Crippen molar-refractivity contribution in [3.8, 4) is 33.4 Å². The normalized spacial score (nSPS) is 11.9. The molecule has 11 aromatic carbocycles. The first-order chi connectivity index (χ1) is 26.7. The van der Waals surface area contributed by atoms with Gasteiger partial charge in [0.05, 0.1) is 0 Å². The van der Waals surface area contributed by atoms with Gasteiger partial charge in [0.25, 0.3) is 0 Å². The Morgan fingerprint density at radius 2 is 0.815 bits per heavy atom. The van der Waals surface area contributed by atoms with Gasteiger partial charge in [0.1, 0.15) is 0 Å². The zero-order chi connectivity index (χ0) is 35.9. The van der Waals surface area contributed by atoms with Gasteiger partial charge >= 0.3 is 0 Å². The van der Waals surface area contributed by atoms with Crippen molar-refractivity contribution in [2.24, 2.45) is 0 Å². The van der Waals surface area contributed by atoms with E-state index in [0.29, 0.717) is 0 Å². The van der Waals surface area contributed by atoms with Crippen molar-refractivity contribution < 1.29 is 0 Å². The lowest BCUT2D eigenvalue weighted by Crippen LogP contribution is -2.01. The van der Waals surface area contributed by atoms with Gasteiger partial charge in [-0.3, -0.25) is 0 Å². The van der Waals surface area contributed by atoms with Gasteiger partial charge in [-0.1, -0.05) is 189 Å². The Morgan fingerprint density at radius 1 is 0.315 bits per heavy atom. The second kappa shape index (κ2) is 11.7. The van der Waals surface area contributed by atoms with Crippen LogP contribution in [0.5, 0.6) is 0 Å². The molecule has 0 aliphatic carbocycles. The minimum absolute atomic E-state index is 0.996. The molecule has 0 saturated carbocycles. The van der Waals surface area contributed by atoms with Crippen LogP contribution in [0.15, 0.2) is 189 Å². The molecule has 11 aromatic rings. The van der Waals surface area contributed by atoms with Crippen LogP contribution in [0.25, 0.3) is 110 Å². The van der Waals surface area contributed by atoms with Gasteiger partial charge in [-0.05, 0) is 126 Å². The summed E-state index contributed by atoms with van der Waals surface area (Å²) in [6, 6.07) is 66.2. The summed E-state index contributed by atoms with van der Waals surface area (Å²) in [7, 11) is 0. The van der Waals surface area contributed by atoms with E-state index >= 15 is 0 Å².